The molecule has 1 rings (SSSR count). The quantitative estimate of drug-likeness (QED) is 0.668. The molecule has 0 radical (unpaired) electrons. The number of hydrogen-bond acceptors (Lipinski definition) is 2. The van der Waals surface area contributed by atoms with Crippen LogP contribution in [0.5, 0.6) is 0 Å². The molecule has 1 heterocycles. The Morgan fingerprint density at radius 1 is 1.50 bits per heavy atom. The molecule has 0 amide bonds. The minimum Gasteiger partial charge on any atom is -0.297 e. The minimum atomic E-state index is 0.729. The van der Waals surface area contributed by atoms with Gasteiger partial charge in [0.1, 0.15) is 0 Å². The van der Waals surface area contributed by atoms with Gasteiger partial charge in [-0.25, -0.2) is 0 Å². The van der Waals surface area contributed by atoms with Crippen molar-refractivity contribution in [2.75, 3.05) is 18.6 Å². The molecule has 0 spiro atoms. The number of hydrogen-bond donors (Lipinski definition) is 0. The van der Waals surface area contributed by atoms with E-state index in [-0.39, 0.29) is 0 Å². The van der Waals surface area contributed by atoms with E-state index in [0.717, 1.165) is 18.0 Å². The van der Waals surface area contributed by atoms with Gasteiger partial charge in [-0.15, -0.1) is 0 Å². The normalized spacial score (nSPS) is 31.8. The molecule has 1 aliphatic rings. The molecule has 2 heteroatoms. The van der Waals surface area contributed by atoms with Crippen molar-refractivity contribution in [3.63, 3.8) is 0 Å². The summed E-state index contributed by atoms with van der Waals surface area (Å²) in [5.41, 5.74) is 0. The first kappa shape index (κ1) is 10.4. The highest BCUT2D eigenvalue weighted by Gasteiger charge is 2.30. The third-order valence-corrected chi connectivity index (χ3v) is 3.41. The van der Waals surface area contributed by atoms with Gasteiger partial charge in [-0.3, -0.25) is 4.90 Å². The maximum Gasteiger partial charge on any atom is 0.0192 e. The zero-order valence-corrected chi connectivity index (χ0v) is 9.53. The maximum atomic E-state index is 2.65. The number of likely N-dealkylation sites (tertiary alicyclic amines) is 1. The Bertz CT molecular complexity index is 136. The van der Waals surface area contributed by atoms with Crippen LogP contribution in [0.4, 0.5) is 0 Å². The second-order valence-corrected chi connectivity index (χ2v) is 5.15. The van der Waals surface area contributed by atoms with Gasteiger partial charge >= 0.3 is 0 Å². The minimum absolute atomic E-state index is 0.729. The van der Waals surface area contributed by atoms with Crippen LogP contribution in [0.1, 0.15) is 27.2 Å². The van der Waals surface area contributed by atoms with Gasteiger partial charge in [-0.1, -0.05) is 6.92 Å². The van der Waals surface area contributed by atoms with Crippen LogP contribution in [0.2, 0.25) is 0 Å². The van der Waals surface area contributed by atoms with Crippen molar-refractivity contribution in [3.8, 4) is 0 Å². The maximum absolute atomic E-state index is 2.65. The predicted molar refractivity (Wildman–Crippen MR) is 57.8 cm³/mol. The van der Waals surface area contributed by atoms with Crippen molar-refractivity contribution in [1.29, 1.82) is 0 Å². The van der Waals surface area contributed by atoms with Crippen LogP contribution in [0, 0.1) is 5.92 Å². The first-order valence-electron chi connectivity index (χ1n) is 4.89. The van der Waals surface area contributed by atoms with E-state index in [2.05, 4.69) is 31.9 Å². The molecule has 72 valence electrons. The van der Waals surface area contributed by atoms with Crippen LogP contribution >= 0.6 is 11.8 Å². The summed E-state index contributed by atoms with van der Waals surface area (Å²) in [7, 11) is 0. The molecule has 2 unspecified atom stereocenters. The van der Waals surface area contributed by atoms with Crippen LogP contribution < -0.4 is 0 Å². The Kier molecular flexibility index (Phi) is 3.91. The molecule has 1 aliphatic heterocycles. The fourth-order valence-corrected chi connectivity index (χ4v) is 2.88. The molecule has 0 aromatic rings. The van der Waals surface area contributed by atoms with Crippen LogP contribution in [0.3, 0.4) is 0 Å². The summed E-state index contributed by atoms with van der Waals surface area (Å²) in [6.45, 7) is 8.30. The van der Waals surface area contributed by atoms with E-state index in [9.17, 15) is 0 Å². The molecular weight excluding hydrogens is 166 g/mol. The molecule has 1 nitrogen and oxygen atoms in total. The zero-order valence-electron chi connectivity index (χ0n) is 8.71. The molecule has 0 N–H and O–H groups in total. The van der Waals surface area contributed by atoms with Crippen molar-refractivity contribution >= 4 is 11.8 Å². The third kappa shape index (κ3) is 2.40. The summed E-state index contributed by atoms with van der Waals surface area (Å²) >= 11 is 1.98. The van der Waals surface area contributed by atoms with Gasteiger partial charge in [-0.2, -0.15) is 11.8 Å². The lowest BCUT2D eigenvalue weighted by molar-refractivity contribution is 0.215. The highest BCUT2D eigenvalue weighted by Crippen LogP contribution is 2.26. The van der Waals surface area contributed by atoms with Crippen molar-refractivity contribution in [1.82, 2.24) is 4.90 Å². The van der Waals surface area contributed by atoms with Gasteiger partial charge in [0.25, 0.3) is 0 Å². The van der Waals surface area contributed by atoms with Gasteiger partial charge in [0, 0.05) is 24.4 Å². The lowest BCUT2D eigenvalue weighted by atomic mass is 10.1. The van der Waals surface area contributed by atoms with Gasteiger partial charge in [0.2, 0.25) is 0 Å². The molecule has 0 aromatic carbocycles. The van der Waals surface area contributed by atoms with Gasteiger partial charge in [0.05, 0.1) is 0 Å². The Morgan fingerprint density at radius 3 is 2.67 bits per heavy atom. The fourth-order valence-electron chi connectivity index (χ4n) is 2.17. The summed E-state index contributed by atoms with van der Waals surface area (Å²) < 4.78 is 0. The molecule has 0 aromatic heterocycles. The molecule has 1 fully saturated rings. The lowest BCUT2D eigenvalue weighted by Gasteiger charge is -2.27. The average Bonchev–Trinajstić information content (AvgIpc) is 2.32. The van der Waals surface area contributed by atoms with E-state index in [4.69, 9.17) is 0 Å². The van der Waals surface area contributed by atoms with Crippen molar-refractivity contribution in [2.45, 2.75) is 39.3 Å². The summed E-state index contributed by atoms with van der Waals surface area (Å²) in [5.74, 6) is 2.22. The molecule has 2 atom stereocenters. The summed E-state index contributed by atoms with van der Waals surface area (Å²) in [6, 6.07) is 1.57. The molecule has 12 heavy (non-hydrogen) atoms. The Labute approximate surface area is 80.9 Å². The van der Waals surface area contributed by atoms with Crippen LogP contribution in [-0.4, -0.2) is 35.5 Å². The molecular formula is C10H21NS. The molecule has 0 aliphatic carbocycles. The topological polar surface area (TPSA) is 3.24 Å². The van der Waals surface area contributed by atoms with Crippen molar-refractivity contribution in [3.05, 3.63) is 0 Å². The van der Waals surface area contributed by atoms with Crippen LogP contribution in [-0.2, 0) is 0 Å². The second-order valence-electron chi connectivity index (χ2n) is 4.24. The van der Waals surface area contributed by atoms with Crippen LogP contribution in [0.15, 0.2) is 0 Å². The molecule has 0 bridgehead atoms. The van der Waals surface area contributed by atoms with Gasteiger partial charge in [0.15, 0.2) is 0 Å². The number of thioether (sulfide) groups is 1. The first-order chi connectivity index (χ1) is 5.65. The summed E-state index contributed by atoms with van der Waals surface area (Å²) in [4.78, 5) is 2.65. The standard InChI is InChI=1S/C10H21NS/c1-8(2)11-6-9(3)5-10(11)7-12-4/h8-10H,5-7H2,1-4H3. The summed E-state index contributed by atoms with van der Waals surface area (Å²) in [6.07, 6.45) is 3.61. The predicted octanol–water partition coefficient (Wildman–Crippen LogP) is 2.47. The lowest BCUT2D eigenvalue weighted by Crippen LogP contribution is -2.36. The first-order valence-corrected chi connectivity index (χ1v) is 6.29. The average molecular weight is 187 g/mol. The number of rotatable bonds is 3. The highest BCUT2D eigenvalue weighted by molar-refractivity contribution is 7.98. The van der Waals surface area contributed by atoms with Crippen molar-refractivity contribution < 1.29 is 0 Å². The molecule has 1 saturated heterocycles. The SMILES string of the molecule is CSCC1CC(C)CN1C(C)C. The van der Waals surface area contributed by atoms with Gasteiger partial charge in [-0.05, 0) is 32.4 Å². The Hall–Kier alpha value is 0.310. The third-order valence-electron chi connectivity index (χ3n) is 2.69. The Balaban J connectivity index is 2.47. The Morgan fingerprint density at radius 2 is 2.17 bits per heavy atom. The van der Waals surface area contributed by atoms with E-state index in [1.54, 1.807) is 0 Å². The van der Waals surface area contributed by atoms with Crippen LogP contribution in [0.25, 0.3) is 0 Å². The van der Waals surface area contributed by atoms with E-state index < -0.39 is 0 Å². The second kappa shape index (κ2) is 4.52. The highest BCUT2D eigenvalue weighted by atomic mass is 32.2. The van der Waals surface area contributed by atoms with E-state index in [0.29, 0.717) is 0 Å². The zero-order chi connectivity index (χ0) is 9.14. The van der Waals surface area contributed by atoms with E-state index >= 15 is 0 Å². The van der Waals surface area contributed by atoms with E-state index in [1.807, 2.05) is 11.8 Å². The largest absolute Gasteiger partial charge is 0.297 e. The van der Waals surface area contributed by atoms with Gasteiger partial charge < -0.3 is 0 Å². The smallest absolute Gasteiger partial charge is 0.0192 e. The summed E-state index contributed by atoms with van der Waals surface area (Å²) in [5, 5.41) is 0. The molecule has 0 saturated carbocycles. The fraction of sp³-hybridized carbons (Fsp3) is 1.00. The van der Waals surface area contributed by atoms with E-state index in [1.165, 1.54) is 18.7 Å². The van der Waals surface area contributed by atoms with Crippen molar-refractivity contribution in [2.24, 2.45) is 5.92 Å². The number of nitrogens with zero attached hydrogens (tertiary/aromatic N) is 1. The monoisotopic (exact) mass is 187 g/mol.